The molecule has 0 radical (unpaired) electrons. The molecule has 2 aliphatic carbocycles. The molecule has 0 aromatic heterocycles. The molecule has 0 bridgehead atoms. The molecule has 0 aromatic carbocycles. The third-order valence-electron chi connectivity index (χ3n) is 4.99. The number of hydrogen-bond donors (Lipinski definition) is 1. The van der Waals surface area contributed by atoms with Crippen molar-refractivity contribution in [3.8, 4) is 0 Å². The third kappa shape index (κ3) is 3.45. The van der Waals surface area contributed by atoms with E-state index in [0.717, 1.165) is 25.4 Å². The summed E-state index contributed by atoms with van der Waals surface area (Å²) >= 11 is 0. The Balaban J connectivity index is 1.82. The van der Waals surface area contributed by atoms with Gasteiger partial charge in [-0.15, -0.1) is 0 Å². The maximum Gasteiger partial charge on any atom is 0.0804 e. The van der Waals surface area contributed by atoms with E-state index in [1.165, 1.54) is 38.5 Å². The average Bonchev–Trinajstić information content (AvgIpc) is 2.82. The maximum atomic E-state index is 6.27. The second kappa shape index (κ2) is 5.27. The number of nitrogens with two attached hydrogens (primary N) is 1. The molecule has 17 heavy (non-hydrogen) atoms. The van der Waals surface area contributed by atoms with Crippen molar-refractivity contribution in [2.24, 2.45) is 17.1 Å². The highest BCUT2D eigenvalue weighted by Gasteiger charge is 2.38. The van der Waals surface area contributed by atoms with Crippen molar-refractivity contribution in [3.05, 3.63) is 0 Å². The van der Waals surface area contributed by atoms with Gasteiger partial charge in [0.05, 0.1) is 12.2 Å². The summed E-state index contributed by atoms with van der Waals surface area (Å²) in [6.45, 7) is 6.39. The van der Waals surface area contributed by atoms with Crippen LogP contribution in [-0.2, 0) is 4.74 Å². The van der Waals surface area contributed by atoms with E-state index in [9.17, 15) is 0 Å². The van der Waals surface area contributed by atoms with E-state index in [-0.39, 0.29) is 5.60 Å². The Bertz CT molecular complexity index is 233. The lowest BCUT2D eigenvalue weighted by molar-refractivity contribution is -0.0922. The Morgan fingerprint density at radius 3 is 2.18 bits per heavy atom. The summed E-state index contributed by atoms with van der Waals surface area (Å²) in [4.78, 5) is 0. The first-order chi connectivity index (χ1) is 8.05. The minimum absolute atomic E-state index is 0.0120. The molecule has 0 atom stereocenters. The summed E-state index contributed by atoms with van der Waals surface area (Å²) in [5, 5.41) is 0. The van der Waals surface area contributed by atoms with Gasteiger partial charge in [0.2, 0.25) is 0 Å². The SMILES string of the molecule is CC1(C)CCC(CN)(OCC2CCCC2)CC1. The Morgan fingerprint density at radius 1 is 1.06 bits per heavy atom. The van der Waals surface area contributed by atoms with Crippen molar-refractivity contribution in [2.75, 3.05) is 13.2 Å². The standard InChI is InChI=1S/C15H29NO/c1-14(2)7-9-15(12-16,10-8-14)17-11-13-5-3-4-6-13/h13H,3-12,16H2,1-2H3. The third-order valence-corrected chi connectivity index (χ3v) is 4.99. The molecule has 2 rings (SSSR count). The quantitative estimate of drug-likeness (QED) is 0.815. The summed E-state index contributed by atoms with van der Waals surface area (Å²) in [6.07, 6.45) is 10.4. The molecular formula is C15H29NO. The summed E-state index contributed by atoms with van der Waals surface area (Å²) in [6, 6.07) is 0. The van der Waals surface area contributed by atoms with Crippen molar-refractivity contribution in [1.82, 2.24) is 0 Å². The first-order valence-electron chi connectivity index (χ1n) is 7.39. The number of rotatable bonds is 4. The van der Waals surface area contributed by atoms with E-state index >= 15 is 0 Å². The molecule has 2 heteroatoms. The van der Waals surface area contributed by atoms with Gasteiger partial charge in [-0.05, 0) is 49.9 Å². The van der Waals surface area contributed by atoms with Crippen molar-refractivity contribution in [3.63, 3.8) is 0 Å². The molecule has 100 valence electrons. The molecule has 0 aromatic rings. The zero-order valence-electron chi connectivity index (χ0n) is 11.6. The molecule has 2 fully saturated rings. The lowest BCUT2D eigenvalue weighted by Crippen LogP contribution is -2.46. The minimum Gasteiger partial charge on any atom is -0.373 e. The monoisotopic (exact) mass is 239 g/mol. The fourth-order valence-corrected chi connectivity index (χ4v) is 3.26. The minimum atomic E-state index is 0.0120. The highest BCUT2D eigenvalue weighted by Crippen LogP contribution is 2.42. The Morgan fingerprint density at radius 2 is 1.65 bits per heavy atom. The second-order valence-electron chi connectivity index (χ2n) is 7.01. The number of hydrogen-bond acceptors (Lipinski definition) is 2. The molecule has 0 saturated heterocycles. The van der Waals surface area contributed by atoms with Gasteiger partial charge in [0.15, 0.2) is 0 Å². The molecule has 0 spiro atoms. The predicted molar refractivity (Wildman–Crippen MR) is 71.9 cm³/mol. The molecule has 2 nitrogen and oxygen atoms in total. The van der Waals surface area contributed by atoms with Gasteiger partial charge in [0, 0.05) is 6.54 Å². The van der Waals surface area contributed by atoms with Crippen LogP contribution in [0.5, 0.6) is 0 Å². The van der Waals surface area contributed by atoms with Crippen LogP contribution in [0.2, 0.25) is 0 Å². The highest BCUT2D eigenvalue weighted by atomic mass is 16.5. The molecule has 0 aliphatic heterocycles. The zero-order chi connectivity index (χ0) is 12.4. The lowest BCUT2D eigenvalue weighted by atomic mass is 9.71. The van der Waals surface area contributed by atoms with E-state index in [1.54, 1.807) is 0 Å². The normalized spacial score (nSPS) is 28.4. The fraction of sp³-hybridized carbons (Fsp3) is 1.00. The van der Waals surface area contributed by atoms with E-state index in [2.05, 4.69) is 13.8 Å². The maximum absolute atomic E-state index is 6.27. The second-order valence-corrected chi connectivity index (χ2v) is 7.01. The van der Waals surface area contributed by atoms with Gasteiger partial charge in [0.1, 0.15) is 0 Å². The van der Waals surface area contributed by atoms with Gasteiger partial charge in [0.25, 0.3) is 0 Å². The lowest BCUT2D eigenvalue weighted by Gasteiger charge is -2.43. The van der Waals surface area contributed by atoms with E-state index < -0.39 is 0 Å². The molecule has 2 aliphatic rings. The van der Waals surface area contributed by atoms with Gasteiger partial charge in [-0.1, -0.05) is 26.7 Å². The van der Waals surface area contributed by atoms with Crippen LogP contribution in [0, 0.1) is 11.3 Å². The summed E-state index contributed by atoms with van der Waals surface area (Å²) in [5.41, 5.74) is 6.49. The summed E-state index contributed by atoms with van der Waals surface area (Å²) in [5.74, 6) is 0.813. The number of ether oxygens (including phenoxy) is 1. The van der Waals surface area contributed by atoms with Crippen LogP contribution in [0.25, 0.3) is 0 Å². The largest absolute Gasteiger partial charge is 0.373 e. The van der Waals surface area contributed by atoms with Crippen molar-refractivity contribution in [2.45, 2.75) is 70.8 Å². The smallest absolute Gasteiger partial charge is 0.0804 e. The van der Waals surface area contributed by atoms with Gasteiger partial charge in [-0.3, -0.25) is 0 Å². The van der Waals surface area contributed by atoms with Crippen molar-refractivity contribution in [1.29, 1.82) is 0 Å². The predicted octanol–water partition coefficient (Wildman–Crippen LogP) is 3.49. The van der Waals surface area contributed by atoms with Gasteiger partial charge in [-0.2, -0.15) is 0 Å². The van der Waals surface area contributed by atoms with Crippen LogP contribution in [-0.4, -0.2) is 18.8 Å². The van der Waals surface area contributed by atoms with Gasteiger partial charge in [-0.25, -0.2) is 0 Å². The van der Waals surface area contributed by atoms with E-state index in [0.29, 0.717) is 12.0 Å². The van der Waals surface area contributed by atoms with E-state index in [4.69, 9.17) is 10.5 Å². The summed E-state index contributed by atoms with van der Waals surface area (Å²) in [7, 11) is 0. The van der Waals surface area contributed by atoms with Gasteiger partial charge >= 0.3 is 0 Å². The molecular weight excluding hydrogens is 210 g/mol. The Labute approximate surface area is 106 Å². The first-order valence-corrected chi connectivity index (χ1v) is 7.39. The van der Waals surface area contributed by atoms with Crippen LogP contribution in [0.3, 0.4) is 0 Å². The van der Waals surface area contributed by atoms with Crippen LogP contribution >= 0.6 is 0 Å². The highest BCUT2D eigenvalue weighted by molar-refractivity contribution is 4.91. The van der Waals surface area contributed by atoms with Crippen LogP contribution in [0.1, 0.15) is 65.2 Å². The topological polar surface area (TPSA) is 35.2 Å². The molecule has 0 amide bonds. The Kier molecular flexibility index (Phi) is 4.14. The van der Waals surface area contributed by atoms with Gasteiger partial charge < -0.3 is 10.5 Å². The van der Waals surface area contributed by atoms with Crippen molar-refractivity contribution < 1.29 is 4.74 Å². The molecule has 2 N–H and O–H groups in total. The Hall–Kier alpha value is -0.0800. The molecule has 0 heterocycles. The van der Waals surface area contributed by atoms with Crippen LogP contribution in [0.15, 0.2) is 0 Å². The molecule has 0 unspecified atom stereocenters. The van der Waals surface area contributed by atoms with Crippen LogP contribution < -0.4 is 5.73 Å². The van der Waals surface area contributed by atoms with E-state index in [1.807, 2.05) is 0 Å². The average molecular weight is 239 g/mol. The van der Waals surface area contributed by atoms with Crippen molar-refractivity contribution >= 4 is 0 Å². The molecule has 2 saturated carbocycles. The van der Waals surface area contributed by atoms with Crippen LogP contribution in [0.4, 0.5) is 0 Å². The fourth-order valence-electron chi connectivity index (χ4n) is 3.26. The summed E-state index contributed by atoms with van der Waals surface area (Å²) < 4.78 is 6.27. The zero-order valence-corrected chi connectivity index (χ0v) is 11.6. The first kappa shape index (κ1) is 13.4.